The number of benzene rings is 2. The summed E-state index contributed by atoms with van der Waals surface area (Å²) in [6.45, 7) is 10.2. The molecule has 140 valence electrons. The van der Waals surface area contributed by atoms with Crippen molar-refractivity contribution in [3.05, 3.63) is 48.5 Å². The SMILES string of the molecule is CCCC(C)(C)Oc1ccc(-c2ccc(OC(=O)C(C)CC)cc2)cc1. The van der Waals surface area contributed by atoms with E-state index in [9.17, 15) is 4.79 Å². The lowest BCUT2D eigenvalue weighted by molar-refractivity contribution is -0.138. The minimum absolute atomic E-state index is 0.0841. The van der Waals surface area contributed by atoms with Gasteiger partial charge in [0, 0.05) is 0 Å². The molecular weight excluding hydrogens is 324 g/mol. The van der Waals surface area contributed by atoms with E-state index in [-0.39, 0.29) is 17.5 Å². The van der Waals surface area contributed by atoms with E-state index < -0.39 is 0 Å². The monoisotopic (exact) mass is 354 g/mol. The Kier molecular flexibility index (Phi) is 6.84. The highest BCUT2D eigenvalue weighted by atomic mass is 16.5. The number of rotatable bonds is 8. The molecule has 2 aromatic rings. The average Bonchev–Trinajstić information content (AvgIpc) is 2.62. The van der Waals surface area contributed by atoms with Crippen molar-refractivity contribution in [2.24, 2.45) is 5.92 Å². The first-order valence-corrected chi connectivity index (χ1v) is 9.46. The fourth-order valence-corrected chi connectivity index (χ4v) is 2.79. The van der Waals surface area contributed by atoms with E-state index >= 15 is 0 Å². The summed E-state index contributed by atoms with van der Waals surface area (Å²) in [7, 11) is 0. The molecule has 0 radical (unpaired) electrons. The van der Waals surface area contributed by atoms with Crippen LogP contribution in [0, 0.1) is 5.92 Å². The van der Waals surface area contributed by atoms with Crippen LogP contribution in [0.2, 0.25) is 0 Å². The van der Waals surface area contributed by atoms with Gasteiger partial charge in [-0.05, 0) is 62.1 Å². The summed E-state index contributed by atoms with van der Waals surface area (Å²) in [4.78, 5) is 11.9. The lowest BCUT2D eigenvalue weighted by Gasteiger charge is -2.26. The molecule has 26 heavy (non-hydrogen) atoms. The Morgan fingerprint density at radius 1 is 0.923 bits per heavy atom. The smallest absolute Gasteiger partial charge is 0.314 e. The molecule has 0 N–H and O–H groups in total. The van der Waals surface area contributed by atoms with Crippen LogP contribution < -0.4 is 9.47 Å². The van der Waals surface area contributed by atoms with Crippen LogP contribution in [-0.2, 0) is 4.79 Å². The van der Waals surface area contributed by atoms with Crippen molar-refractivity contribution in [1.29, 1.82) is 0 Å². The Bertz CT molecular complexity index is 699. The maximum atomic E-state index is 11.9. The third-order valence-corrected chi connectivity index (χ3v) is 4.52. The van der Waals surface area contributed by atoms with Crippen molar-refractivity contribution in [2.75, 3.05) is 0 Å². The molecule has 0 heterocycles. The molecule has 0 aliphatic rings. The maximum Gasteiger partial charge on any atom is 0.314 e. The average molecular weight is 354 g/mol. The zero-order valence-electron chi connectivity index (χ0n) is 16.5. The second-order valence-electron chi connectivity index (χ2n) is 7.39. The first-order valence-electron chi connectivity index (χ1n) is 9.46. The molecule has 2 aromatic carbocycles. The number of carbonyl (C=O) groups is 1. The molecule has 0 saturated carbocycles. The molecule has 0 spiro atoms. The van der Waals surface area contributed by atoms with E-state index in [1.54, 1.807) is 0 Å². The molecule has 3 heteroatoms. The predicted molar refractivity (Wildman–Crippen MR) is 107 cm³/mol. The molecule has 1 unspecified atom stereocenters. The van der Waals surface area contributed by atoms with Crippen molar-refractivity contribution in [3.63, 3.8) is 0 Å². The van der Waals surface area contributed by atoms with Gasteiger partial charge in [0.15, 0.2) is 0 Å². The van der Waals surface area contributed by atoms with Crippen LogP contribution in [-0.4, -0.2) is 11.6 Å². The molecule has 0 aliphatic heterocycles. The van der Waals surface area contributed by atoms with E-state index in [1.165, 1.54) is 0 Å². The predicted octanol–water partition coefficient (Wildman–Crippen LogP) is 6.26. The van der Waals surface area contributed by atoms with Gasteiger partial charge in [-0.2, -0.15) is 0 Å². The second-order valence-corrected chi connectivity index (χ2v) is 7.39. The fourth-order valence-electron chi connectivity index (χ4n) is 2.79. The third-order valence-electron chi connectivity index (χ3n) is 4.52. The summed E-state index contributed by atoms with van der Waals surface area (Å²) >= 11 is 0. The molecule has 0 aliphatic carbocycles. The summed E-state index contributed by atoms with van der Waals surface area (Å²) in [6.07, 6.45) is 2.89. The highest BCUT2D eigenvalue weighted by molar-refractivity contribution is 5.75. The minimum Gasteiger partial charge on any atom is -0.488 e. The van der Waals surface area contributed by atoms with Crippen LogP contribution in [0.25, 0.3) is 11.1 Å². The zero-order chi connectivity index (χ0) is 19.2. The largest absolute Gasteiger partial charge is 0.488 e. The van der Waals surface area contributed by atoms with Gasteiger partial charge < -0.3 is 9.47 Å². The first kappa shape index (κ1) is 20.0. The first-order chi connectivity index (χ1) is 12.3. The van der Waals surface area contributed by atoms with Crippen molar-refractivity contribution in [1.82, 2.24) is 0 Å². The van der Waals surface area contributed by atoms with Crippen LogP contribution in [0.1, 0.15) is 53.9 Å². The van der Waals surface area contributed by atoms with Crippen LogP contribution >= 0.6 is 0 Å². The summed E-state index contributed by atoms with van der Waals surface area (Å²) < 4.78 is 11.5. The maximum absolute atomic E-state index is 11.9. The van der Waals surface area contributed by atoms with Crippen molar-refractivity contribution >= 4 is 5.97 Å². The molecule has 0 saturated heterocycles. The summed E-state index contributed by atoms with van der Waals surface area (Å²) in [6, 6.07) is 15.7. The van der Waals surface area contributed by atoms with Gasteiger partial charge in [-0.25, -0.2) is 0 Å². The Morgan fingerprint density at radius 2 is 1.42 bits per heavy atom. The topological polar surface area (TPSA) is 35.5 Å². The minimum atomic E-state index is -0.184. The molecule has 0 bridgehead atoms. The summed E-state index contributed by atoms with van der Waals surface area (Å²) in [5.41, 5.74) is 2.02. The third kappa shape index (κ3) is 5.62. The van der Waals surface area contributed by atoms with Gasteiger partial charge in [0.1, 0.15) is 17.1 Å². The fraction of sp³-hybridized carbons (Fsp3) is 0.435. The normalized spacial score (nSPS) is 12.5. The number of ether oxygens (including phenoxy) is 2. The number of esters is 1. The van der Waals surface area contributed by atoms with Gasteiger partial charge in [0.25, 0.3) is 0 Å². The van der Waals surface area contributed by atoms with Crippen LogP contribution in [0.5, 0.6) is 11.5 Å². The van der Waals surface area contributed by atoms with Crippen molar-refractivity contribution in [2.45, 2.75) is 59.5 Å². The second kappa shape index (κ2) is 8.88. The number of hydrogen-bond acceptors (Lipinski definition) is 3. The molecular formula is C23H30O3. The van der Waals surface area contributed by atoms with E-state index in [1.807, 2.05) is 50.2 Å². The van der Waals surface area contributed by atoms with Gasteiger partial charge in [0.2, 0.25) is 0 Å². The summed E-state index contributed by atoms with van der Waals surface area (Å²) in [5.74, 6) is 1.20. The molecule has 3 nitrogen and oxygen atoms in total. The van der Waals surface area contributed by atoms with Crippen molar-refractivity contribution in [3.8, 4) is 22.6 Å². The molecule has 0 amide bonds. The number of carbonyl (C=O) groups excluding carboxylic acids is 1. The van der Waals surface area contributed by atoms with Gasteiger partial charge in [-0.3, -0.25) is 4.79 Å². The standard InChI is InChI=1S/C23H30O3/c1-6-16-23(4,5)26-21-14-10-19(11-15-21)18-8-12-20(13-9-18)25-22(24)17(3)7-2/h8-15,17H,6-7,16H2,1-5H3. The van der Waals surface area contributed by atoms with Gasteiger partial charge in [0.05, 0.1) is 5.92 Å². The summed E-state index contributed by atoms with van der Waals surface area (Å²) in [5, 5.41) is 0. The number of hydrogen-bond donors (Lipinski definition) is 0. The van der Waals surface area contributed by atoms with Crippen LogP contribution in [0.3, 0.4) is 0 Å². The Morgan fingerprint density at radius 3 is 1.88 bits per heavy atom. The van der Waals surface area contributed by atoms with E-state index in [0.717, 1.165) is 36.1 Å². The highest BCUT2D eigenvalue weighted by Gasteiger charge is 2.18. The van der Waals surface area contributed by atoms with Gasteiger partial charge >= 0.3 is 5.97 Å². The van der Waals surface area contributed by atoms with Crippen molar-refractivity contribution < 1.29 is 14.3 Å². The molecule has 0 aromatic heterocycles. The lowest BCUT2D eigenvalue weighted by Crippen LogP contribution is -2.27. The van der Waals surface area contributed by atoms with Gasteiger partial charge in [-0.1, -0.05) is 51.5 Å². The van der Waals surface area contributed by atoms with E-state index in [0.29, 0.717) is 5.75 Å². The Labute approximate surface area is 157 Å². The Balaban J connectivity index is 2.04. The van der Waals surface area contributed by atoms with Gasteiger partial charge in [-0.15, -0.1) is 0 Å². The van der Waals surface area contributed by atoms with E-state index in [4.69, 9.17) is 9.47 Å². The van der Waals surface area contributed by atoms with E-state index in [2.05, 4.69) is 32.9 Å². The van der Waals surface area contributed by atoms with Crippen LogP contribution in [0.4, 0.5) is 0 Å². The zero-order valence-corrected chi connectivity index (χ0v) is 16.5. The molecule has 0 fully saturated rings. The van der Waals surface area contributed by atoms with Crippen LogP contribution in [0.15, 0.2) is 48.5 Å². The Hall–Kier alpha value is -2.29. The lowest BCUT2D eigenvalue weighted by atomic mass is 10.0. The highest BCUT2D eigenvalue weighted by Crippen LogP contribution is 2.27. The quantitative estimate of drug-likeness (QED) is 0.414. The molecule has 2 rings (SSSR count). The molecule has 1 atom stereocenters.